The first-order chi connectivity index (χ1) is 10.5. The van der Waals surface area contributed by atoms with Crippen LogP contribution in [-0.2, 0) is 19.1 Å². The summed E-state index contributed by atoms with van der Waals surface area (Å²) >= 11 is 3.35. The number of carbonyl (C=O) groups is 2. The number of hydrogen-bond acceptors (Lipinski definition) is 4. The van der Waals surface area contributed by atoms with E-state index in [0.717, 1.165) is 4.47 Å². The van der Waals surface area contributed by atoms with E-state index in [0.29, 0.717) is 5.56 Å². The number of methoxy groups -OCH3 is 1. The molecular formula is C17H19BrO4. The molecule has 5 heteroatoms. The molecule has 0 spiro atoms. The topological polar surface area (TPSA) is 52.6 Å². The first-order valence-electron chi connectivity index (χ1n) is 6.79. The quantitative estimate of drug-likeness (QED) is 0.567. The molecule has 0 aromatic heterocycles. The van der Waals surface area contributed by atoms with E-state index in [1.165, 1.54) is 14.0 Å². The summed E-state index contributed by atoms with van der Waals surface area (Å²) in [5.41, 5.74) is 0.714. The van der Waals surface area contributed by atoms with Crippen molar-refractivity contribution in [1.29, 1.82) is 0 Å². The van der Waals surface area contributed by atoms with Crippen molar-refractivity contribution in [2.45, 2.75) is 25.9 Å². The van der Waals surface area contributed by atoms with Gasteiger partial charge in [-0.3, -0.25) is 9.59 Å². The summed E-state index contributed by atoms with van der Waals surface area (Å²) in [7, 11) is 1.31. The van der Waals surface area contributed by atoms with Crippen molar-refractivity contribution in [2.24, 2.45) is 0 Å². The van der Waals surface area contributed by atoms with E-state index in [9.17, 15) is 9.59 Å². The molecule has 1 aromatic rings. The Hall–Kier alpha value is -1.88. The van der Waals surface area contributed by atoms with Gasteiger partial charge in [-0.2, -0.15) is 0 Å². The second-order valence-corrected chi connectivity index (χ2v) is 5.45. The lowest BCUT2D eigenvalue weighted by Gasteiger charge is -2.22. The summed E-state index contributed by atoms with van der Waals surface area (Å²) in [5, 5.41) is 0. The number of hydrogen-bond donors (Lipinski definition) is 0. The first-order valence-corrected chi connectivity index (χ1v) is 7.59. The minimum absolute atomic E-state index is 0.457. The van der Waals surface area contributed by atoms with Crippen LogP contribution in [0.5, 0.6) is 0 Å². The normalized spacial score (nSPS) is 14.0. The lowest BCUT2D eigenvalue weighted by molar-refractivity contribution is -0.152. The molecule has 0 N–H and O–H groups in total. The summed E-state index contributed by atoms with van der Waals surface area (Å²) in [6.45, 7) is 3.18. The Morgan fingerprint density at radius 2 is 1.82 bits per heavy atom. The van der Waals surface area contributed by atoms with Gasteiger partial charge < -0.3 is 9.47 Å². The highest BCUT2D eigenvalue weighted by atomic mass is 79.9. The fraction of sp³-hybridized carbons (Fsp3) is 0.294. The van der Waals surface area contributed by atoms with Gasteiger partial charge in [0.1, 0.15) is 12.0 Å². The highest BCUT2D eigenvalue weighted by molar-refractivity contribution is 9.10. The summed E-state index contributed by atoms with van der Waals surface area (Å²) < 4.78 is 11.1. The average molecular weight is 367 g/mol. The van der Waals surface area contributed by atoms with Gasteiger partial charge in [-0.05, 0) is 30.7 Å². The maximum Gasteiger partial charge on any atom is 0.317 e. The van der Waals surface area contributed by atoms with E-state index in [1.807, 2.05) is 25.1 Å². The lowest BCUT2D eigenvalue weighted by atomic mass is 9.93. The van der Waals surface area contributed by atoms with Crippen LogP contribution in [0.2, 0.25) is 0 Å². The van der Waals surface area contributed by atoms with Crippen molar-refractivity contribution < 1.29 is 19.1 Å². The van der Waals surface area contributed by atoms with Crippen molar-refractivity contribution in [3.05, 3.63) is 58.6 Å². The maximum atomic E-state index is 12.2. The first kappa shape index (κ1) is 18.2. The molecule has 0 saturated carbocycles. The molecule has 22 heavy (non-hydrogen) atoms. The Morgan fingerprint density at radius 1 is 1.18 bits per heavy atom. The Balaban J connectivity index is 3.21. The number of esters is 2. The van der Waals surface area contributed by atoms with E-state index in [2.05, 4.69) is 15.9 Å². The van der Waals surface area contributed by atoms with Gasteiger partial charge in [0.2, 0.25) is 0 Å². The number of halogens is 1. The molecule has 2 atom stereocenters. The Labute approximate surface area is 138 Å². The molecule has 0 fully saturated rings. The second kappa shape index (κ2) is 9.20. The van der Waals surface area contributed by atoms with Crippen molar-refractivity contribution in [3.63, 3.8) is 0 Å². The molecule has 1 aromatic carbocycles. The van der Waals surface area contributed by atoms with Crippen LogP contribution in [-0.4, -0.2) is 25.2 Å². The molecule has 0 aliphatic rings. The third-order valence-electron chi connectivity index (χ3n) is 2.92. The van der Waals surface area contributed by atoms with Gasteiger partial charge in [-0.25, -0.2) is 0 Å². The largest absolute Gasteiger partial charge is 0.468 e. The number of ether oxygens (including phenoxy) is 2. The third kappa shape index (κ3) is 5.48. The molecule has 4 nitrogen and oxygen atoms in total. The molecule has 0 aliphatic carbocycles. The molecule has 0 bridgehead atoms. The minimum atomic E-state index is -0.734. The predicted molar refractivity (Wildman–Crippen MR) is 88.4 cm³/mol. The summed E-state index contributed by atoms with van der Waals surface area (Å²) in [5.74, 6) is -1.64. The van der Waals surface area contributed by atoms with Gasteiger partial charge in [-0.1, -0.05) is 46.3 Å². The predicted octanol–water partition coefficient (Wildman–Crippen LogP) is 3.77. The smallest absolute Gasteiger partial charge is 0.317 e. The van der Waals surface area contributed by atoms with Crippen LogP contribution in [0.25, 0.3) is 0 Å². The standard InChI is InChI=1S/C17H19BrO4/c1-4-5-6-7-15(22-12(2)19)16(17(20)21-3)13-8-10-14(18)11-9-13/h4-11,15-16H,1-3H3/b5-4+,7-6+/t15-,16+/m1/s1. The highest BCUT2D eigenvalue weighted by Crippen LogP contribution is 2.26. The van der Waals surface area contributed by atoms with Crippen LogP contribution in [0.4, 0.5) is 0 Å². The van der Waals surface area contributed by atoms with E-state index >= 15 is 0 Å². The summed E-state index contributed by atoms with van der Waals surface area (Å²) in [4.78, 5) is 23.5. The Bertz CT molecular complexity index is 561. The zero-order valence-electron chi connectivity index (χ0n) is 12.8. The molecule has 1 rings (SSSR count). The SMILES string of the molecule is C/C=C/C=C/[C@@H](OC(C)=O)[C@@H](C(=O)OC)c1ccc(Br)cc1. The van der Waals surface area contributed by atoms with Crippen molar-refractivity contribution >= 4 is 27.9 Å². The third-order valence-corrected chi connectivity index (χ3v) is 3.45. The second-order valence-electron chi connectivity index (χ2n) is 4.54. The van der Waals surface area contributed by atoms with Crippen LogP contribution in [0.3, 0.4) is 0 Å². The number of rotatable bonds is 6. The van der Waals surface area contributed by atoms with Gasteiger partial charge >= 0.3 is 11.9 Å². The van der Waals surface area contributed by atoms with Gasteiger partial charge in [-0.15, -0.1) is 0 Å². The molecule has 0 heterocycles. The fourth-order valence-electron chi connectivity index (χ4n) is 1.95. The molecular weight excluding hydrogens is 348 g/mol. The zero-order chi connectivity index (χ0) is 16.5. The van der Waals surface area contributed by atoms with Crippen LogP contribution < -0.4 is 0 Å². The van der Waals surface area contributed by atoms with Crippen molar-refractivity contribution in [3.8, 4) is 0 Å². The summed E-state index contributed by atoms with van der Waals surface area (Å²) in [6.07, 6.45) is 6.32. The molecule has 0 amide bonds. The Morgan fingerprint density at radius 3 is 2.32 bits per heavy atom. The molecule has 0 unspecified atom stereocenters. The van der Waals surface area contributed by atoms with E-state index < -0.39 is 24.0 Å². The van der Waals surface area contributed by atoms with Gasteiger partial charge in [0.05, 0.1) is 7.11 Å². The van der Waals surface area contributed by atoms with Crippen LogP contribution in [0, 0.1) is 0 Å². The van der Waals surface area contributed by atoms with Crippen molar-refractivity contribution in [1.82, 2.24) is 0 Å². The fourth-order valence-corrected chi connectivity index (χ4v) is 2.22. The number of carbonyl (C=O) groups excluding carboxylic acids is 2. The van der Waals surface area contributed by atoms with Crippen LogP contribution in [0.1, 0.15) is 25.3 Å². The number of benzene rings is 1. The highest BCUT2D eigenvalue weighted by Gasteiger charge is 2.31. The lowest BCUT2D eigenvalue weighted by Crippen LogP contribution is -2.29. The van der Waals surface area contributed by atoms with Gasteiger partial charge in [0, 0.05) is 11.4 Å². The van der Waals surface area contributed by atoms with Gasteiger partial charge in [0.15, 0.2) is 0 Å². The van der Waals surface area contributed by atoms with Crippen molar-refractivity contribution in [2.75, 3.05) is 7.11 Å². The van der Waals surface area contributed by atoms with Gasteiger partial charge in [0.25, 0.3) is 0 Å². The maximum absolute atomic E-state index is 12.2. The molecule has 0 radical (unpaired) electrons. The monoisotopic (exact) mass is 366 g/mol. The van der Waals surface area contributed by atoms with E-state index in [1.54, 1.807) is 30.4 Å². The van der Waals surface area contributed by atoms with Crippen LogP contribution >= 0.6 is 15.9 Å². The molecule has 0 saturated heterocycles. The molecule has 0 aliphatic heterocycles. The summed E-state index contributed by atoms with van der Waals surface area (Å²) in [6, 6.07) is 7.24. The minimum Gasteiger partial charge on any atom is -0.468 e. The Kier molecular flexibility index (Phi) is 7.60. The molecule has 118 valence electrons. The number of allylic oxidation sites excluding steroid dienone is 3. The van der Waals surface area contributed by atoms with E-state index in [4.69, 9.17) is 9.47 Å². The van der Waals surface area contributed by atoms with Crippen LogP contribution in [0.15, 0.2) is 53.0 Å². The van der Waals surface area contributed by atoms with E-state index in [-0.39, 0.29) is 0 Å². The average Bonchev–Trinajstić information content (AvgIpc) is 2.48. The zero-order valence-corrected chi connectivity index (χ0v) is 14.4.